The van der Waals surface area contributed by atoms with Crippen LogP contribution in [0.3, 0.4) is 0 Å². The summed E-state index contributed by atoms with van der Waals surface area (Å²) >= 11 is 3.35. The lowest BCUT2D eigenvalue weighted by molar-refractivity contribution is 0.0714. The third kappa shape index (κ3) is 3.34. The number of carbonyl (C=O) groups excluding carboxylic acids is 1. The van der Waals surface area contributed by atoms with E-state index < -0.39 is 11.9 Å². The van der Waals surface area contributed by atoms with Gasteiger partial charge in [0, 0.05) is 6.54 Å². The van der Waals surface area contributed by atoms with Crippen LogP contribution in [-0.2, 0) is 6.54 Å². The molecule has 1 N–H and O–H groups in total. The molecular weight excluding hydrogens is 518 g/mol. The molecule has 0 unspecified atom stereocenters. The van der Waals surface area contributed by atoms with Crippen LogP contribution in [0.5, 0.6) is 23.0 Å². The van der Waals surface area contributed by atoms with Gasteiger partial charge in [-0.05, 0) is 63.5 Å². The summed E-state index contributed by atoms with van der Waals surface area (Å²) in [5.74, 6) is 0.960. The van der Waals surface area contributed by atoms with Crippen LogP contribution in [0, 0.1) is 0 Å². The maximum Gasteiger partial charge on any atom is 0.291 e. The summed E-state index contributed by atoms with van der Waals surface area (Å²) in [7, 11) is 1.44. The Morgan fingerprint density at radius 3 is 2.71 bits per heavy atom. The van der Waals surface area contributed by atoms with E-state index in [0.717, 1.165) is 5.56 Å². The molecule has 2 aliphatic heterocycles. The molecule has 0 saturated heterocycles. The van der Waals surface area contributed by atoms with Crippen molar-refractivity contribution in [2.24, 2.45) is 0 Å². The minimum atomic E-state index is -0.769. The predicted octanol–water partition coefficient (Wildman–Crippen LogP) is 4.74. The SMILES string of the molecule is COc1cc([C@@H]2c3c(oc4ccccc4c3=O)C(=O)N2Cc2ccc3c(c2)OCO3)cc(Br)c1O. The number of phenolic OH excluding ortho intramolecular Hbond substituents is 1. The van der Waals surface area contributed by atoms with E-state index in [1.165, 1.54) is 7.11 Å². The topological polar surface area (TPSA) is 98.4 Å². The first-order chi connectivity index (χ1) is 17.0. The summed E-state index contributed by atoms with van der Waals surface area (Å²) in [6, 6.07) is 14.8. The van der Waals surface area contributed by atoms with E-state index in [1.807, 2.05) is 12.1 Å². The fourth-order valence-electron chi connectivity index (χ4n) is 4.62. The number of phenols is 1. The van der Waals surface area contributed by atoms with Crippen LogP contribution < -0.4 is 19.6 Å². The molecule has 0 saturated carbocycles. The fourth-order valence-corrected chi connectivity index (χ4v) is 5.08. The molecule has 0 bridgehead atoms. The van der Waals surface area contributed by atoms with Crippen LogP contribution in [-0.4, -0.2) is 29.8 Å². The van der Waals surface area contributed by atoms with E-state index in [4.69, 9.17) is 18.6 Å². The third-order valence-electron chi connectivity index (χ3n) is 6.25. The van der Waals surface area contributed by atoms with E-state index >= 15 is 0 Å². The van der Waals surface area contributed by atoms with Gasteiger partial charge in [0.05, 0.1) is 28.6 Å². The zero-order chi connectivity index (χ0) is 24.3. The van der Waals surface area contributed by atoms with Crippen molar-refractivity contribution in [1.29, 1.82) is 0 Å². The van der Waals surface area contributed by atoms with Crippen molar-refractivity contribution >= 4 is 32.8 Å². The Hall–Kier alpha value is -3.98. The van der Waals surface area contributed by atoms with Crippen LogP contribution in [0.25, 0.3) is 11.0 Å². The Labute approximate surface area is 207 Å². The number of hydrogen-bond acceptors (Lipinski definition) is 7. The highest BCUT2D eigenvalue weighted by molar-refractivity contribution is 9.10. The summed E-state index contributed by atoms with van der Waals surface area (Å²) in [6.45, 7) is 0.322. The highest BCUT2D eigenvalue weighted by Gasteiger charge is 2.43. The molecule has 1 amide bonds. The zero-order valence-corrected chi connectivity index (χ0v) is 20.0. The van der Waals surface area contributed by atoms with Gasteiger partial charge in [0.2, 0.25) is 12.6 Å². The summed E-state index contributed by atoms with van der Waals surface area (Å²) < 4.78 is 22.6. The number of hydrogen-bond donors (Lipinski definition) is 1. The molecule has 3 heterocycles. The minimum absolute atomic E-state index is 0.00241. The number of nitrogens with zero attached hydrogens (tertiary/aromatic N) is 1. The average Bonchev–Trinajstić information content (AvgIpc) is 3.44. The van der Waals surface area contributed by atoms with E-state index in [1.54, 1.807) is 47.4 Å². The number of ether oxygens (including phenoxy) is 3. The molecule has 0 radical (unpaired) electrons. The number of aromatic hydroxyl groups is 1. The average molecular weight is 536 g/mol. The minimum Gasteiger partial charge on any atom is -0.503 e. The molecule has 8 nitrogen and oxygen atoms in total. The van der Waals surface area contributed by atoms with Gasteiger partial charge in [-0.25, -0.2) is 0 Å². The summed E-state index contributed by atoms with van der Waals surface area (Å²) in [6.07, 6.45) is 0. The number of benzene rings is 3. The van der Waals surface area contributed by atoms with E-state index in [-0.39, 0.29) is 41.6 Å². The zero-order valence-electron chi connectivity index (χ0n) is 18.4. The molecule has 4 aromatic rings. The third-order valence-corrected chi connectivity index (χ3v) is 6.85. The Bertz CT molecular complexity index is 1580. The molecule has 176 valence electrons. The summed E-state index contributed by atoms with van der Waals surface area (Å²) in [4.78, 5) is 28.9. The van der Waals surface area contributed by atoms with E-state index in [0.29, 0.717) is 32.5 Å². The number of amides is 1. The van der Waals surface area contributed by atoms with Crippen molar-refractivity contribution in [1.82, 2.24) is 4.90 Å². The Kier molecular flexibility index (Phi) is 4.96. The maximum absolute atomic E-state index is 13.7. The van der Waals surface area contributed by atoms with Gasteiger partial charge < -0.3 is 28.6 Å². The van der Waals surface area contributed by atoms with Crippen LogP contribution in [0.15, 0.2) is 68.3 Å². The second-order valence-electron chi connectivity index (χ2n) is 8.25. The smallest absolute Gasteiger partial charge is 0.291 e. The highest BCUT2D eigenvalue weighted by atomic mass is 79.9. The quantitative estimate of drug-likeness (QED) is 0.402. The van der Waals surface area contributed by atoms with Crippen molar-refractivity contribution in [2.75, 3.05) is 13.9 Å². The monoisotopic (exact) mass is 535 g/mol. The summed E-state index contributed by atoms with van der Waals surface area (Å²) in [5, 5.41) is 10.7. The molecule has 0 fully saturated rings. The number of rotatable bonds is 4. The predicted molar refractivity (Wildman–Crippen MR) is 129 cm³/mol. The molecule has 9 heteroatoms. The van der Waals surface area contributed by atoms with Gasteiger partial charge >= 0.3 is 0 Å². The molecule has 2 aliphatic rings. The van der Waals surface area contributed by atoms with Crippen molar-refractivity contribution in [3.8, 4) is 23.0 Å². The van der Waals surface area contributed by atoms with Crippen molar-refractivity contribution < 1.29 is 28.5 Å². The maximum atomic E-state index is 13.7. The standard InChI is InChI=1S/C26H18BrNO7/c1-32-20-10-14(9-16(27)24(20)30)22-21-23(29)15-4-2-3-5-17(15)35-25(21)26(31)28(22)11-13-6-7-18-19(8-13)34-12-33-18/h2-10,22,30H,11-12H2,1H3/t22-/m1/s1. The molecule has 3 aromatic carbocycles. The second-order valence-corrected chi connectivity index (χ2v) is 9.10. The normalized spacial score (nSPS) is 16.1. The van der Waals surface area contributed by atoms with Gasteiger partial charge in [-0.2, -0.15) is 0 Å². The largest absolute Gasteiger partial charge is 0.503 e. The Morgan fingerprint density at radius 1 is 1.09 bits per heavy atom. The second kappa shape index (κ2) is 8.06. The fraction of sp³-hybridized carbons (Fsp3) is 0.154. The molecular formula is C26H18BrNO7. The lowest BCUT2D eigenvalue weighted by Crippen LogP contribution is -2.29. The first kappa shape index (κ1) is 21.5. The number of fused-ring (bicyclic) bond motifs is 3. The van der Waals surface area contributed by atoms with Gasteiger partial charge in [-0.1, -0.05) is 18.2 Å². The van der Waals surface area contributed by atoms with Gasteiger partial charge in [0.1, 0.15) is 5.58 Å². The first-order valence-electron chi connectivity index (χ1n) is 10.8. The van der Waals surface area contributed by atoms with Gasteiger partial charge in [0.15, 0.2) is 28.4 Å². The van der Waals surface area contributed by atoms with Crippen LogP contribution >= 0.6 is 15.9 Å². The molecule has 35 heavy (non-hydrogen) atoms. The van der Waals surface area contributed by atoms with E-state index in [9.17, 15) is 14.7 Å². The van der Waals surface area contributed by atoms with Gasteiger partial charge in [-0.15, -0.1) is 0 Å². The van der Waals surface area contributed by atoms with Crippen LogP contribution in [0.4, 0.5) is 0 Å². The molecule has 0 aliphatic carbocycles. The number of methoxy groups -OCH3 is 1. The Morgan fingerprint density at radius 2 is 1.89 bits per heavy atom. The highest BCUT2D eigenvalue weighted by Crippen LogP contribution is 2.44. The van der Waals surface area contributed by atoms with Crippen molar-refractivity contribution in [2.45, 2.75) is 12.6 Å². The van der Waals surface area contributed by atoms with Gasteiger partial charge in [-0.3, -0.25) is 9.59 Å². The lowest BCUT2D eigenvalue weighted by atomic mass is 9.97. The molecule has 1 atom stereocenters. The number of para-hydroxylation sites is 1. The van der Waals surface area contributed by atoms with E-state index in [2.05, 4.69) is 15.9 Å². The Balaban J connectivity index is 1.55. The lowest BCUT2D eigenvalue weighted by Gasteiger charge is -2.26. The van der Waals surface area contributed by atoms with Crippen LogP contribution in [0.2, 0.25) is 0 Å². The van der Waals surface area contributed by atoms with Crippen molar-refractivity contribution in [3.63, 3.8) is 0 Å². The summed E-state index contributed by atoms with van der Waals surface area (Å²) in [5.41, 5.74) is 1.69. The molecule has 0 spiro atoms. The van der Waals surface area contributed by atoms with Crippen LogP contribution in [0.1, 0.15) is 33.3 Å². The molecule has 1 aromatic heterocycles. The first-order valence-corrected chi connectivity index (χ1v) is 11.6. The number of halogens is 1. The van der Waals surface area contributed by atoms with Gasteiger partial charge in [0.25, 0.3) is 5.91 Å². The number of carbonyl (C=O) groups is 1. The van der Waals surface area contributed by atoms with Crippen molar-refractivity contribution in [3.05, 3.63) is 91.7 Å². The molecule has 6 rings (SSSR count).